The average molecular weight is 477 g/mol. The fourth-order valence-electron chi connectivity index (χ4n) is 6.85. The van der Waals surface area contributed by atoms with E-state index in [0.717, 1.165) is 47.3 Å². The molecule has 0 heterocycles. The summed E-state index contributed by atoms with van der Waals surface area (Å²) in [5, 5.41) is 0. The van der Waals surface area contributed by atoms with E-state index in [2.05, 4.69) is 55.4 Å². The molecule has 4 saturated carbocycles. The van der Waals surface area contributed by atoms with Gasteiger partial charge in [-0.25, -0.2) is 0 Å². The van der Waals surface area contributed by atoms with Gasteiger partial charge in [-0.1, -0.05) is 171 Å². The van der Waals surface area contributed by atoms with Gasteiger partial charge in [-0.3, -0.25) is 0 Å². The molecule has 0 aliphatic heterocycles. The molecule has 4 aliphatic rings. The topological polar surface area (TPSA) is 0 Å². The maximum Gasteiger partial charge on any atom is -0.0391 e. The van der Waals surface area contributed by atoms with Gasteiger partial charge < -0.3 is 0 Å². The molecule has 0 spiro atoms. The van der Waals surface area contributed by atoms with Crippen molar-refractivity contribution < 1.29 is 0 Å². The maximum atomic E-state index is 2.36. The Hall–Kier alpha value is 0. The van der Waals surface area contributed by atoms with Gasteiger partial charge in [0.1, 0.15) is 0 Å². The van der Waals surface area contributed by atoms with Gasteiger partial charge in [0.05, 0.1) is 0 Å². The Morgan fingerprint density at radius 3 is 0.529 bits per heavy atom. The average Bonchev–Trinajstić information content (AvgIpc) is 3.56. The highest BCUT2D eigenvalue weighted by Crippen LogP contribution is 2.32. The molecule has 0 saturated heterocycles. The summed E-state index contributed by atoms with van der Waals surface area (Å²) in [6.45, 7) is 18.8. The molecule has 0 amide bonds. The summed E-state index contributed by atoms with van der Waals surface area (Å²) < 4.78 is 0. The van der Waals surface area contributed by atoms with Gasteiger partial charge in [-0.2, -0.15) is 0 Å². The van der Waals surface area contributed by atoms with Gasteiger partial charge in [0.15, 0.2) is 0 Å². The molecule has 0 atom stereocenters. The summed E-state index contributed by atoms with van der Waals surface area (Å²) in [7, 11) is 0. The molecular formula is C34H68. The normalized spacial score (nSPS) is 22.9. The fraction of sp³-hybridized carbons (Fsp3) is 1.00. The molecule has 0 aromatic carbocycles. The Balaban J connectivity index is 0.000000227. The van der Waals surface area contributed by atoms with Crippen LogP contribution in [0.15, 0.2) is 0 Å². The summed E-state index contributed by atoms with van der Waals surface area (Å²) in [6, 6.07) is 0. The zero-order valence-corrected chi connectivity index (χ0v) is 25.3. The van der Waals surface area contributed by atoms with Crippen molar-refractivity contribution in [1.29, 1.82) is 0 Å². The number of hydrogen-bond acceptors (Lipinski definition) is 0. The molecule has 0 bridgehead atoms. The first-order valence-corrected chi connectivity index (χ1v) is 16.2. The molecule has 0 radical (unpaired) electrons. The number of rotatable bonds is 4. The summed E-state index contributed by atoms with van der Waals surface area (Å²) >= 11 is 0. The van der Waals surface area contributed by atoms with Gasteiger partial charge in [0.25, 0.3) is 0 Å². The lowest BCUT2D eigenvalue weighted by molar-refractivity contribution is 0.279. The minimum absolute atomic E-state index is 0.935. The molecule has 4 fully saturated rings. The Bertz CT molecular complexity index is 379. The number of hydrogen-bond donors (Lipinski definition) is 0. The smallest absolute Gasteiger partial charge is 0.0391 e. The third-order valence-electron chi connectivity index (χ3n) is 9.87. The molecule has 204 valence electrons. The van der Waals surface area contributed by atoms with E-state index in [0.29, 0.717) is 0 Å². The third kappa shape index (κ3) is 14.5. The summed E-state index contributed by atoms with van der Waals surface area (Å²) in [5.74, 6) is 7.99. The summed E-state index contributed by atoms with van der Waals surface area (Å²) in [4.78, 5) is 0. The van der Waals surface area contributed by atoms with Gasteiger partial charge >= 0.3 is 0 Å². The van der Waals surface area contributed by atoms with E-state index in [1.54, 1.807) is 0 Å². The SMILES string of the molecule is CC(C)C1CCCC1.CC(C)C1CCCC1.CC(C)C1CCCCC1.CC(C)C1CCCCC1. The molecule has 0 unspecified atom stereocenters. The molecule has 0 N–H and O–H groups in total. The van der Waals surface area contributed by atoms with Crippen LogP contribution in [0.4, 0.5) is 0 Å². The van der Waals surface area contributed by atoms with Crippen LogP contribution in [-0.4, -0.2) is 0 Å². The van der Waals surface area contributed by atoms with Crippen molar-refractivity contribution in [3.8, 4) is 0 Å². The second-order valence-corrected chi connectivity index (χ2v) is 13.9. The summed E-state index contributed by atoms with van der Waals surface area (Å²) in [6.07, 6.45) is 26.9. The molecule has 0 nitrogen and oxygen atoms in total. The first kappa shape index (κ1) is 32.0. The highest BCUT2D eigenvalue weighted by atomic mass is 14.2. The Kier molecular flexibility index (Phi) is 18.0. The lowest BCUT2D eigenvalue weighted by Gasteiger charge is -2.24. The van der Waals surface area contributed by atoms with Gasteiger partial charge in [0.2, 0.25) is 0 Å². The first-order chi connectivity index (χ1) is 16.2. The van der Waals surface area contributed by atoms with Crippen LogP contribution in [0.2, 0.25) is 0 Å². The lowest BCUT2D eigenvalue weighted by Crippen LogP contribution is -2.12. The minimum atomic E-state index is 0.935. The van der Waals surface area contributed by atoms with E-state index in [1.807, 2.05) is 0 Å². The van der Waals surface area contributed by atoms with E-state index in [9.17, 15) is 0 Å². The van der Waals surface area contributed by atoms with E-state index >= 15 is 0 Å². The molecule has 34 heavy (non-hydrogen) atoms. The van der Waals surface area contributed by atoms with Crippen LogP contribution in [-0.2, 0) is 0 Å². The van der Waals surface area contributed by atoms with Crippen molar-refractivity contribution in [3.63, 3.8) is 0 Å². The van der Waals surface area contributed by atoms with Crippen molar-refractivity contribution in [2.45, 2.75) is 171 Å². The van der Waals surface area contributed by atoms with Crippen LogP contribution in [0.3, 0.4) is 0 Å². The first-order valence-electron chi connectivity index (χ1n) is 16.2. The quantitative estimate of drug-likeness (QED) is 0.378. The minimum Gasteiger partial charge on any atom is -0.0625 e. The molecule has 0 heteroatoms. The fourth-order valence-corrected chi connectivity index (χ4v) is 6.85. The Labute approximate surface area is 218 Å². The predicted molar refractivity (Wildman–Crippen MR) is 156 cm³/mol. The standard InChI is InChI=1S/2C9H18.2C8H16/c2*1-8(2)9-6-4-3-5-7-9;2*1-7(2)8-5-3-4-6-8/h2*8-9H,3-7H2,1-2H3;2*7-8H,3-6H2,1-2H3. The van der Waals surface area contributed by atoms with Gasteiger partial charge in [0, 0.05) is 0 Å². The Morgan fingerprint density at radius 1 is 0.265 bits per heavy atom. The van der Waals surface area contributed by atoms with Crippen molar-refractivity contribution in [3.05, 3.63) is 0 Å². The van der Waals surface area contributed by atoms with E-state index < -0.39 is 0 Å². The molecule has 0 aromatic heterocycles. The molecular weight excluding hydrogens is 408 g/mol. The third-order valence-corrected chi connectivity index (χ3v) is 9.87. The van der Waals surface area contributed by atoms with E-state index in [4.69, 9.17) is 0 Å². The lowest BCUT2D eigenvalue weighted by atomic mass is 9.82. The second kappa shape index (κ2) is 19.2. The highest BCUT2D eigenvalue weighted by molar-refractivity contribution is 4.70. The van der Waals surface area contributed by atoms with Crippen LogP contribution in [0, 0.1) is 47.3 Å². The van der Waals surface area contributed by atoms with Crippen LogP contribution in [0.25, 0.3) is 0 Å². The van der Waals surface area contributed by atoms with Crippen molar-refractivity contribution in [2.24, 2.45) is 47.3 Å². The van der Waals surface area contributed by atoms with E-state index in [-0.39, 0.29) is 0 Å². The highest BCUT2D eigenvalue weighted by Gasteiger charge is 2.18. The second-order valence-electron chi connectivity index (χ2n) is 13.9. The van der Waals surface area contributed by atoms with Gasteiger partial charge in [-0.15, -0.1) is 0 Å². The van der Waals surface area contributed by atoms with Crippen molar-refractivity contribution in [1.82, 2.24) is 0 Å². The summed E-state index contributed by atoms with van der Waals surface area (Å²) in [5.41, 5.74) is 0. The molecule has 4 rings (SSSR count). The van der Waals surface area contributed by atoms with E-state index in [1.165, 1.54) is 116 Å². The monoisotopic (exact) mass is 477 g/mol. The Morgan fingerprint density at radius 2 is 0.412 bits per heavy atom. The van der Waals surface area contributed by atoms with Crippen LogP contribution in [0.5, 0.6) is 0 Å². The van der Waals surface area contributed by atoms with Crippen molar-refractivity contribution in [2.75, 3.05) is 0 Å². The van der Waals surface area contributed by atoms with Crippen molar-refractivity contribution >= 4 is 0 Å². The van der Waals surface area contributed by atoms with Crippen LogP contribution >= 0.6 is 0 Å². The largest absolute Gasteiger partial charge is 0.0625 e. The maximum absolute atomic E-state index is 2.36. The van der Waals surface area contributed by atoms with Gasteiger partial charge in [-0.05, 0) is 47.3 Å². The molecule has 0 aromatic rings. The molecule has 4 aliphatic carbocycles. The zero-order chi connectivity index (χ0) is 25.3. The zero-order valence-electron chi connectivity index (χ0n) is 25.3. The van der Waals surface area contributed by atoms with Crippen LogP contribution in [0.1, 0.15) is 171 Å². The predicted octanol–water partition coefficient (Wildman–Crippen LogP) is 12.1. The van der Waals surface area contributed by atoms with Crippen LogP contribution < -0.4 is 0 Å².